The number of hydrogen-bond acceptors (Lipinski definition) is 9. The molecule has 0 radical (unpaired) electrons. The number of hydrogen-bond donors (Lipinski definition) is 2. The fraction of sp³-hybridized carbons (Fsp3) is 0.412. The molecule has 4 aromatic rings. The Hall–Kier alpha value is -5.27. The minimum absolute atomic E-state index is 0.0105. The highest BCUT2D eigenvalue weighted by Crippen LogP contribution is 2.47. The lowest BCUT2D eigenvalue weighted by Gasteiger charge is -2.26. The topological polar surface area (TPSA) is 155 Å². The summed E-state index contributed by atoms with van der Waals surface area (Å²) in [4.78, 5) is 50.0. The second-order valence-corrected chi connectivity index (χ2v) is 13.7. The molecule has 0 amide bonds. The van der Waals surface area contributed by atoms with E-state index in [1.54, 1.807) is 4.90 Å². The smallest absolute Gasteiger partial charge is 0.492 e. The molecule has 12 nitrogen and oxygen atoms in total. The molecule has 3 unspecified atom stereocenters. The van der Waals surface area contributed by atoms with Crippen molar-refractivity contribution in [1.82, 2.24) is 9.13 Å². The first-order chi connectivity index (χ1) is 25.3. The first kappa shape index (κ1) is 38.5. The van der Waals surface area contributed by atoms with E-state index < -0.39 is 99.9 Å². The van der Waals surface area contributed by atoms with Gasteiger partial charge in [0.25, 0.3) is 0 Å². The number of carboxylic acids is 1. The minimum Gasteiger partial charge on any atom is -0.492 e. The maximum Gasteiger partial charge on any atom is 0.798 e. The van der Waals surface area contributed by atoms with Gasteiger partial charge in [-0.25, -0.2) is 35.8 Å². The third-order valence-electron chi connectivity index (χ3n) is 9.96. The average Bonchev–Trinajstić information content (AvgIpc) is 3.99. The zero-order chi connectivity index (χ0) is 39.7. The number of nitrogens with zero attached hydrogens (tertiary/aromatic N) is 3. The number of carbonyl (C=O) groups excluding carboxylic acids is 1. The molecule has 3 N–H and O–H groups in total. The largest absolute Gasteiger partial charge is 0.798 e. The van der Waals surface area contributed by atoms with Crippen LogP contribution in [0.4, 0.5) is 36.3 Å². The maximum atomic E-state index is 15.2. The molecule has 20 heteroatoms. The van der Waals surface area contributed by atoms with Crippen LogP contribution in [0.5, 0.6) is 11.5 Å². The van der Waals surface area contributed by atoms with Crippen LogP contribution in [0.25, 0.3) is 21.8 Å². The summed E-state index contributed by atoms with van der Waals surface area (Å²) in [5.74, 6) is -7.15. The van der Waals surface area contributed by atoms with Crippen LogP contribution in [0.3, 0.4) is 0 Å². The molecule has 2 aromatic carbocycles. The molecule has 6 atom stereocenters. The van der Waals surface area contributed by atoms with Gasteiger partial charge in [-0.15, -0.1) is 0 Å². The number of aromatic nitrogens is 2. The van der Waals surface area contributed by atoms with Crippen molar-refractivity contribution in [2.75, 3.05) is 32.2 Å². The third-order valence-corrected chi connectivity index (χ3v) is 9.96. The summed E-state index contributed by atoms with van der Waals surface area (Å²) in [7, 11) is -1.12. The molecular formula is C34H32BF7N4O8. The highest BCUT2D eigenvalue weighted by molar-refractivity contribution is 6.38. The summed E-state index contributed by atoms with van der Waals surface area (Å²) in [5, 5.41) is 8.71. The fourth-order valence-corrected chi connectivity index (χ4v) is 6.73. The Morgan fingerprint density at radius 2 is 1.37 bits per heavy atom. The Labute approximate surface area is 301 Å². The standard InChI is InChI=1S/C20H23F2N3O4.C14H9BF5NO4/c1-9-6-24(8-20(9,2)23)16-13(22)4-10-15(18(16)29-3)25(14-5-12(14)21)7-11(17(10)26)19(27)28;1-24-13-10(18)8(17)2-5-11(13)21(9-3-7(9)16)4-6(12(5)22)14(23)25-15(19)20/h4,7,9,12,14H,5-6,8,23H2,1-3H3,(H,27,28);2,4,7,9H,3H2,1H3/t9?,12-,14+,20?;7-,9?/m00/s1. The zero-order valence-corrected chi connectivity index (χ0v) is 29.0. The summed E-state index contributed by atoms with van der Waals surface area (Å²) < 4.78 is 111. The molecule has 7 rings (SSSR count). The van der Waals surface area contributed by atoms with Gasteiger partial charge in [-0.3, -0.25) is 9.59 Å². The molecule has 2 aromatic heterocycles. The Morgan fingerprint density at radius 1 is 0.889 bits per heavy atom. The number of methoxy groups -OCH3 is 2. The first-order valence-electron chi connectivity index (χ1n) is 16.4. The van der Waals surface area contributed by atoms with E-state index >= 15 is 4.39 Å². The highest BCUT2D eigenvalue weighted by Gasteiger charge is 2.44. The van der Waals surface area contributed by atoms with Crippen LogP contribution in [0.1, 0.15) is 59.5 Å². The number of nitrogens with two attached hydrogens (primary N) is 1. The Balaban J connectivity index is 0.000000186. The normalized spacial score (nSPS) is 24.2. The maximum absolute atomic E-state index is 15.2. The van der Waals surface area contributed by atoms with Crippen molar-refractivity contribution in [3.05, 3.63) is 73.6 Å². The molecule has 2 saturated carbocycles. The summed E-state index contributed by atoms with van der Waals surface area (Å²) in [6.45, 7) is 4.71. The van der Waals surface area contributed by atoms with E-state index in [2.05, 4.69) is 4.65 Å². The molecule has 0 spiro atoms. The van der Waals surface area contributed by atoms with Crippen molar-refractivity contribution >= 4 is 46.9 Å². The van der Waals surface area contributed by atoms with Crippen LogP contribution in [0.15, 0.2) is 34.1 Å². The summed E-state index contributed by atoms with van der Waals surface area (Å²) in [5.41, 5.74) is 2.47. The monoisotopic (exact) mass is 768 g/mol. The second-order valence-electron chi connectivity index (χ2n) is 13.7. The van der Waals surface area contributed by atoms with Gasteiger partial charge in [-0.05, 0) is 25.0 Å². The van der Waals surface area contributed by atoms with Gasteiger partial charge in [0.1, 0.15) is 29.2 Å². The average molecular weight is 768 g/mol. The van der Waals surface area contributed by atoms with E-state index in [0.717, 1.165) is 30.1 Å². The number of benzene rings is 2. The molecule has 3 fully saturated rings. The molecule has 54 heavy (non-hydrogen) atoms. The van der Waals surface area contributed by atoms with E-state index in [1.165, 1.54) is 11.7 Å². The Morgan fingerprint density at radius 3 is 1.81 bits per heavy atom. The lowest BCUT2D eigenvalue weighted by Crippen LogP contribution is -2.43. The highest BCUT2D eigenvalue weighted by atomic mass is 19.2. The van der Waals surface area contributed by atoms with Crippen LogP contribution in [0.2, 0.25) is 0 Å². The van der Waals surface area contributed by atoms with E-state index in [9.17, 15) is 50.5 Å². The third kappa shape index (κ3) is 6.60. The minimum atomic E-state index is -3.48. The van der Waals surface area contributed by atoms with Gasteiger partial charge >= 0.3 is 19.4 Å². The number of carbonyl (C=O) groups is 2. The van der Waals surface area contributed by atoms with Crippen molar-refractivity contribution < 1.29 is 59.4 Å². The molecule has 288 valence electrons. The van der Waals surface area contributed by atoms with Crippen molar-refractivity contribution in [2.24, 2.45) is 11.7 Å². The molecule has 0 bridgehead atoms. The van der Waals surface area contributed by atoms with Crippen LogP contribution in [-0.2, 0) is 4.65 Å². The number of rotatable bonds is 8. The van der Waals surface area contributed by atoms with Crippen LogP contribution in [0, 0.1) is 23.4 Å². The van der Waals surface area contributed by atoms with E-state index in [-0.39, 0.29) is 46.6 Å². The molecule has 1 aliphatic heterocycles. The SMILES string of the molecule is COc1c(F)c(F)cc2c(=O)c(C(=O)OB(F)F)cn(C3C[C@@H]3F)c12.COc1c(N2CC(C)C(C)(N)C2)c(F)cc2c(=O)c(C(=O)O)cn([C@@H]3C[C@@H]3F)c12. The van der Waals surface area contributed by atoms with Crippen molar-refractivity contribution in [3.8, 4) is 11.5 Å². The number of carboxylic acid groups (broad SMARTS) is 1. The van der Waals surface area contributed by atoms with Gasteiger partial charge in [-0.1, -0.05) is 6.92 Å². The fourth-order valence-electron chi connectivity index (χ4n) is 6.73. The quantitative estimate of drug-likeness (QED) is 0.186. The number of halogens is 7. The van der Waals surface area contributed by atoms with Gasteiger partial charge in [0.15, 0.2) is 23.1 Å². The van der Waals surface area contributed by atoms with E-state index in [0.29, 0.717) is 19.2 Å². The zero-order valence-electron chi connectivity index (χ0n) is 29.0. The van der Waals surface area contributed by atoms with E-state index in [4.69, 9.17) is 15.2 Å². The summed E-state index contributed by atoms with van der Waals surface area (Å²) in [6.07, 6.45) is -0.430. The number of aromatic carboxylic acids is 1. The van der Waals surface area contributed by atoms with Crippen LogP contribution >= 0.6 is 0 Å². The molecule has 1 saturated heterocycles. The predicted octanol–water partition coefficient (Wildman–Crippen LogP) is 4.96. The van der Waals surface area contributed by atoms with Gasteiger partial charge in [-0.2, -0.15) is 4.39 Å². The van der Waals surface area contributed by atoms with Crippen molar-refractivity contribution in [1.29, 1.82) is 0 Å². The number of pyridine rings is 2. The van der Waals surface area contributed by atoms with Gasteiger partial charge in [0.2, 0.25) is 16.7 Å². The summed E-state index contributed by atoms with van der Waals surface area (Å²) in [6, 6.07) is 0.0202. The molecule has 2 aliphatic carbocycles. The predicted molar refractivity (Wildman–Crippen MR) is 181 cm³/mol. The number of ether oxygens (including phenoxy) is 2. The van der Waals surface area contributed by atoms with E-state index in [1.807, 2.05) is 13.8 Å². The van der Waals surface area contributed by atoms with Crippen LogP contribution < -0.4 is 31.0 Å². The lowest BCUT2D eigenvalue weighted by atomic mass is 9.92. The first-order valence-corrected chi connectivity index (χ1v) is 16.4. The van der Waals surface area contributed by atoms with Crippen molar-refractivity contribution in [2.45, 2.75) is 56.7 Å². The lowest BCUT2D eigenvalue weighted by molar-refractivity contribution is 0.0682. The van der Waals surface area contributed by atoms with Crippen LogP contribution in [-0.4, -0.2) is 78.8 Å². The number of anilines is 1. The van der Waals surface area contributed by atoms with Gasteiger partial charge in [0.05, 0.1) is 48.1 Å². The molecule has 3 aliphatic rings. The molecular weight excluding hydrogens is 736 g/mol. The van der Waals surface area contributed by atoms with Crippen molar-refractivity contribution in [3.63, 3.8) is 0 Å². The second kappa shape index (κ2) is 13.9. The Bertz CT molecular complexity index is 2340. The van der Waals surface area contributed by atoms with Gasteiger partial charge in [0, 0.05) is 43.9 Å². The summed E-state index contributed by atoms with van der Waals surface area (Å²) >= 11 is 0. The number of fused-ring (bicyclic) bond motifs is 2. The van der Waals surface area contributed by atoms with Gasteiger partial charge < -0.3 is 39.0 Å². The number of alkyl halides is 2. The Kier molecular flexibility index (Phi) is 9.87. The molecule has 3 heterocycles.